The first-order valence-electron chi connectivity index (χ1n) is 7.66. The zero-order chi connectivity index (χ0) is 13.9. The van der Waals surface area contributed by atoms with Crippen LogP contribution in [0.1, 0.15) is 31.4 Å². The molecule has 0 fully saturated rings. The quantitative estimate of drug-likeness (QED) is 0.792. The predicted octanol–water partition coefficient (Wildman–Crippen LogP) is 4.46. The minimum Gasteiger partial charge on any atom is -0.366 e. The second-order valence-corrected chi connectivity index (χ2v) is 6.00. The van der Waals surface area contributed by atoms with Crippen LogP contribution < -0.4 is 4.90 Å². The van der Waals surface area contributed by atoms with Crippen LogP contribution in [0.4, 0.5) is 5.69 Å². The molecule has 2 aromatic carbocycles. The Bertz CT molecular complexity index is 559. The van der Waals surface area contributed by atoms with Crippen LogP contribution in [0.15, 0.2) is 54.6 Å². The number of rotatable bonds is 3. The van der Waals surface area contributed by atoms with E-state index in [4.69, 9.17) is 0 Å². The van der Waals surface area contributed by atoms with Gasteiger partial charge >= 0.3 is 0 Å². The Balaban J connectivity index is 1.87. The molecular weight excluding hydrogens is 242 g/mol. The number of fused-ring (bicyclic) bond motifs is 1. The van der Waals surface area contributed by atoms with E-state index >= 15 is 0 Å². The molecule has 2 aromatic rings. The number of benzene rings is 2. The molecule has 0 saturated carbocycles. The summed E-state index contributed by atoms with van der Waals surface area (Å²) in [5.74, 6) is 0. The molecule has 0 heterocycles. The summed E-state index contributed by atoms with van der Waals surface area (Å²) < 4.78 is 0. The fourth-order valence-corrected chi connectivity index (χ4v) is 3.45. The van der Waals surface area contributed by atoms with Gasteiger partial charge in [0.1, 0.15) is 0 Å². The van der Waals surface area contributed by atoms with Gasteiger partial charge in [0.05, 0.1) is 0 Å². The van der Waals surface area contributed by atoms with Crippen LogP contribution in [-0.2, 0) is 12.8 Å². The number of para-hydroxylation sites is 1. The van der Waals surface area contributed by atoms with Crippen LogP contribution in [0.2, 0.25) is 0 Å². The average Bonchev–Trinajstić information content (AvgIpc) is 2.48. The maximum atomic E-state index is 2.59. The smallest absolute Gasteiger partial charge is 0.0371 e. The van der Waals surface area contributed by atoms with Crippen molar-refractivity contribution >= 4 is 5.69 Å². The van der Waals surface area contributed by atoms with E-state index in [-0.39, 0.29) is 0 Å². The summed E-state index contributed by atoms with van der Waals surface area (Å²) in [7, 11) is 0. The highest BCUT2D eigenvalue weighted by Gasteiger charge is 2.25. The first kappa shape index (κ1) is 13.2. The summed E-state index contributed by atoms with van der Waals surface area (Å²) in [5, 5.41) is 0. The third-order valence-electron chi connectivity index (χ3n) is 4.32. The van der Waals surface area contributed by atoms with Gasteiger partial charge in [0.2, 0.25) is 0 Å². The summed E-state index contributed by atoms with van der Waals surface area (Å²) in [4.78, 5) is 2.59. The molecule has 0 spiro atoms. The van der Waals surface area contributed by atoms with Crippen LogP contribution in [0.5, 0.6) is 0 Å². The first-order chi connectivity index (χ1) is 9.75. The van der Waals surface area contributed by atoms with Crippen LogP contribution in [0, 0.1) is 0 Å². The molecule has 1 aliphatic rings. The van der Waals surface area contributed by atoms with Crippen LogP contribution >= 0.6 is 0 Å². The number of aryl methyl sites for hydroxylation is 1. The summed E-state index contributed by atoms with van der Waals surface area (Å²) >= 11 is 0. The third-order valence-corrected chi connectivity index (χ3v) is 4.32. The second-order valence-electron chi connectivity index (χ2n) is 6.00. The molecule has 3 rings (SSSR count). The molecule has 1 unspecified atom stereocenters. The monoisotopic (exact) mass is 265 g/mol. The highest BCUT2D eigenvalue weighted by atomic mass is 15.2. The summed E-state index contributed by atoms with van der Waals surface area (Å²) in [6.45, 7) is 4.60. The lowest BCUT2D eigenvalue weighted by Gasteiger charge is -2.39. The van der Waals surface area contributed by atoms with Crippen LogP contribution in [0.3, 0.4) is 0 Å². The van der Waals surface area contributed by atoms with Gasteiger partial charge in [-0.05, 0) is 56.4 Å². The van der Waals surface area contributed by atoms with Crippen molar-refractivity contribution in [1.82, 2.24) is 0 Å². The molecule has 1 atom stereocenters. The van der Waals surface area contributed by atoms with E-state index in [0.29, 0.717) is 12.1 Å². The van der Waals surface area contributed by atoms with Gasteiger partial charge in [0.25, 0.3) is 0 Å². The maximum Gasteiger partial charge on any atom is 0.0371 e. The van der Waals surface area contributed by atoms with Gasteiger partial charge < -0.3 is 4.90 Å². The molecule has 1 nitrogen and oxygen atoms in total. The van der Waals surface area contributed by atoms with Gasteiger partial charge in [0, 0.05) is 17.8 Å². The molecule has 0 amide bonds. The van der Waals surface area contributed by atoms with Crippen molar-refractivity contribution in [2.24, 2.45) is 0 Å². The van der Waals surface area contributed by atoms with Crippen molar-refractivity contribution < 1.29 is 0 Å². The topological polar surface area (TPSA) is 3.24 Å². The van der Waals surface area contributed by atoms with Crippen molar-refractivity contribution in [2.45, 2.75) is 45.2 Å². The number of nitrogens with zero attached hydrogens (tertiary/aromatic N) is 1. The lowest BCUT2D eigenvalue weighted by molar-refractivity contribution is 0.489. The number of hydrogen-bond donors (Lipinski definition) is 0. The lowest BCUT2D eigenvalue weighted by atomic mass is 9.87. The van der Waals surface area contributed by atoms with E-state index in [2.05, 4.69) is 73.3 Å². The summed E-state index contributed by atoms with van der Waals surface area (Å²) in [6.07, 6.45) is 3.63. The molecule has 0 radical (unpaired) electrons. The molecule has 20 heavy (non-hydrogen) atoms. The van der Waals surface area contributed by atoms with Gasteiger partial charge in [-0.1, -0.05) is 42.5 Å². The number of anilines is 1. The normalized spacial score (nSPS) is 17.9. The van der Waals surface area contributed by atoms with Gasteiger partial charge in [-0.2, -0.15) is 0 Å². The van der Waals surface area contributed by atoms with E-state index < -0.39 is 0 Å². The molecule has 0 bridgehead atoms. The van der Waals surface area contributed by atoms with E-state index in [1.165, 1.54) is 30.5 Å². The minimum atomic E-state index is 0.535. The van der Waals surface area contributed by atoms with Crippen LogP contribution in [0.25, 0.3) is 0 Å². The fraction of sp³-hybridized carbons (Fsp3) is 0.368. The van der Waals surface area contributed by atoms with Crippen molar-refractivity contribution in [1.29, 1.82) is 0 Å². The Hall–Kier alpha value is -1.76. The Kier molecular flexibility index (Phi) is 3.77. The van der Waals surface area contributed by atoms with Gasteiger partial charge in [-0.3, -0.25) is 0 Å². The van der Waals surface area contributed by atoms with E-state index in [1.54, 1.807) is 5.56 Å². The molecule has 104 valence electrons. The van der Waals surface area contributed by atoms with Crippen molar-refractivity contribution in [3.63, 3.8) is 0 Å². The molecule has 1 heteroatoms. The van der Waals surface area contributed by atoms with Crippen LogP contribution in [-0.4, -0.2) is 12.1 Å². The van der Waals surface area contributed by atoms with E-state index in [9.17, 15) is 0 Å². The van der Waals surface area contributed by atoms with E-state index in [0.717, 1.165) is 0 Å². The first-order valence-corrected chi connectivity index (χ1v) is 7.66. The Morgan fingerprint density at radius 2 is 1.55 bits per heavy atom. The van der Waals surface area contributed by atoms with Gasteiger partial charge in [0.15, 0.2) is 0 Å². The molecule has 0 N–H and O–H groups in total. The molecule has 0 saturated heterocycles. The summed E-state index contributed by atoms with van der Waals surface area (Å²) in [6, 6.07) is 20.9. The Morgan fingerprint density at radius 3 is 2.25 bits per heavy atom. The molecule has 0 aliphatic heterocycles. The SMILES string of the molecule is CC(C)N(c1ccccc1)C1CCc2ccccc2C1. The fourth-order valence-electron chi connectivity index (χ4n) is 3.45. The lowest BCUT2D eigenvalue weighted by Crippen LogP contribution is -2.43. The largest absolute Gasteiger partial charge is 0.366 e. The number of hydrogen-bond acceptors (Lipinski definition) is 1. The molecule has 1 aliphatic carbocycles. The second kappa shape index (κ2) is 5.70. The van der Waals surface area contributed by atoms with Crippen molar-refractivity contribution in [3.05, 3.63) is 65.7 Å². The Labute approximate surface area is 122 Å². The maximum absolute atomic E-state index is 2.59. The minimum absolute atomic E-state index is 0.535. The highest BCUT2D eigenvalue weighted by Crippen LogP contribution is 2.29. The van der Waals surface area contributed by atoms with Gasteiger partial charge in [-0.25, -0.2) is 0 Å². The van der Waals surface area contributed by atoms with Crippen molar-refractivity contribution in [3.8, 4) is 0 Å². The van der Waals surface area contributed by atoms with Crippen molar-refractivity contribution in [2.75, 3.05) is 4.90 Å². The van der Waals surface area contributed by atoms with E-state index in [1.807, 2.05) is 0 Å². The summed E-state index contributed by atoms with van der Waals surface area (Å²) in [5.41, 5.74) is 4.43. The molecular formula is C19H23N. The Morgan fingerprint density at radius 1 is 0.900 bits per heavy atom. The molecule has 0 aromatic heterocycles. The van der Waals surface area contributed by atoms with Gasteiger partial charge in [-0.15, -0.1) is 0 Å². The average molecular weight is 265 g/mol. The highest BCUT2D eigenvalue weighted by molar-refractivity contribution is 5.49. The zero-order valence-corrected chi connectivity index (χ0v) is 12.4. The standard InChI is InChI=1S/C19H23N/c1-15(2)20(18-10-4-3-5-11-18)19-13-12-16-8-6-7-9-17(16)14-19/h3-11,15,19H,12-14H2,1-2H3. The zero-order valence-electron chi connectivity index (χ0n) is 12.4. The third kappa shape index (κ3) is 2.58. The predicted molar refractivity (Wildman–Crippen MR) is 86.3 cm³/mol.